The number of aromatic nitrogens is 4. The summed E-state index contributed by atoms with van der Waals surface area (Å²) < 4.78 is 1.47. The molecule has 0 aliphatic heterocycles. The predicted molar refractivity (Wildman–Crippen MR) is 145 cm³/mol. The molecule has 0 saturated heterocycles. The van der Waals surface area contributed by atoms with Crippen LogP contribution in [0.15, 0.2) is 85.2 Å². The average Bonchev–Trinajstić information content (AvgIpc) is 3.45. The highest BCUT2D eigenvalue weighted by Crippen LogP contribution is 2.20. The Morgan fingerprint density at radius 3 is 2.45 bits per heavy atom. The van der Waals surface area contributed by atoms with E-state index in [1.165, 1.54) is 24.0 Å². The van der Waals surface area contributed by atoms with Gasteiger partial charge in [-0.3, -0.25) is 14.4 Å². The first-order valence-electron chi connectivity index (χ1n) is 12.1. The quantitative estimate of drug-likeness (QED) is 0.228. The van der Waals surface area contributed by atoms with Crippen LogP contribution in [0.3, 0.4) is 0 Å². The van der Waals surface area contributed by atoms with Crippen molar-refractivity contribution in [3.8, 4) is 5.69 Å². The minimum Gasteiger partial charge on any atom is -0.343 e. The van der Waals surface area contributed by atoms with Crippen LogP contribution in [0.1, 0.15) is 40.4 Å². The molecule has 0 unspecified atom stereocenters. The van der Waals surface area contributed by atoms with Gasteiger partial charge in [-0.2, -0.15) is 4.68 Å². The fraction of sp³-hybridized carbons (Fsp3) is 0.172. The van der Waals surface area contributed by atoms with Crippen LogP contribution in [-0.2, 0) is 22.4 Å². The third-order valence-electron chi connectivity index (χ3n) is 6.01. The van der Waals surface area contributed by atoms with Gasteiger partial charge in [0.2, 0.25) is 5.91 Å². The van der Waals surface area contributed by atoms with E-state index in [1.54, 1.807) is 48.5 Å². The second-order valence-corrected chi connectivity index (χ2v) is 9.21. The van der Waals surface area contributed by atoms with Gasteiger partial charge in [-0.15, -0.1) is 5.10 Å². The largest absolute Gasteiger partial charge is 0.343 e. The fourth-order valence-corrected chi connectivity index (χ4v) is 4.16. The molecule has 1 aromatic heterocycles. The SMILES string of the molecule is CC(=O)c1ccc(CC(=O)[C@H](CCc2ccccc2)NC(=O)/C=C/c2cc(Cl)ccc2-n2cnnn2)cc1. The Kier molecular flexibility index (Phi) is 8.89. The van der Waals surface area contributed by atoms with E-state index in [9.17, 15) is 14.4 Å². The molecule has 4 aromatic rings. The molecule has 38 heavy (non-hydrogen) atoms. The molecule has 0 bridgehead atoms. The number of carbonyl (C=O) groups is 3. The van der Waals surface area contributed by atoms with Crippen LogP contribution in [0.5, 0.6) is 0 Å². The summed E-state index contributed by atoms with van der Waals surface area (Å²) in [4.78, 5) is 37.8. The Labute approximate surface area is 225 Å². The molecule has 0 saturated carbocycles. The third-order valence-corrected chi connectivity index (χ3v) is 6.24. The van der Waals surface area contributed by atoms with Gasteiger partial charge in [-0.25, -0.2) is 0 Å². The molecule has 9 heteroatoms. The zero-order valence-corrected chi connectivity index (χ0v) is 21.5. The van der Waals surface area contributed by atoms with E-state index < -0.39 is 11.9 Å². The van der Waals surface area contributed by atoms with E-state index >= 15 is 0 Å². The van der Waals surface area contributed by atoms with Crippen LogP contribution in [0, 0.1) is 0 Å². The molecule has 8 nitrogen and oxygen atoms in total. The molecule has 0 aliphatic carbocycles. The summed E-state index contributed by atoms with van der Waals surface area (Å²) in [6.45, 7) is 1.50. The van der Waals surface area contributed by atoms with Crippen molar-refractivity contribution in [3.05, 3.63) is 112 Å². The van der Waals surface area contributed by atoms with E-state index in [0.29, 0.717) is 34.7 Å². The standard InChI is InChI=1S/C29H26ClN5O3/c1-20(36)23-10-7-22(8-11-23)17-28(37)26(14-9-21-5-3-2-4-6-21)32-29(38)16-12-24-18-25(30)13-15-27(24)35-19-31-33-34-35/h2-8,10-13,15-16,18-19,26H,9,14,17H2,1H3,(H,32,38)/b16-12+/t26-/m0/s1. The number of halogens is 1. The summed E-state index contributed by atoms with van der Waals surface area (Å²) in [5.41, 5.74) is 3.72. The molecule has 1 N–H and O–H groups in total. The Bertz CT molecular complexity index is 1440. The van der Waals surface area contributed by atoms with Crippen LogP contribution in [0.2, 0.25) is 5.02 Å². The van der Waals surface area contributed by atoms with Crippen molar-refractivity contribution in [1.29, 1.82) is 0 Å². The smallest absolute Gasteiger partial charge is 0.244 e. The van der Waals surface area contributed by atoms with Crippen LogP contribution >= 0.6 is 11.6 Å². The van der Waals surface area contributed by atoms with Gasteiger partial charge in [0.25, 0.3) is 0 Å². The van der Waals surface area contributed by atoms with Gasteiger partial charge in [0.1, 0.15) is 6.33 Å². The lowest BCUT2D eigenvalue weighted by atomic mass is 9.97. The maximum atomic E-state index is 13.3. The molecule has 0 radical (unpaired) electrons. The highest BCUT2D eigenvalue weighted by Gasteiger charge is 2.20. The molecule has 1 heterocycles. The monoisotopic (exact) mass is 527 g/mol. The first-order chi connectivity index (χ1) is 18.4. The van der Waals surface area contributed by atoms with Gasteiger partial charge in [0.05, 0.1) is 11.7 Å². The van der Waals surface area contributed by atoms with Gasteiger partial charge < -0.3 is 5.32 Å². The summed E-state index contributed by atoms with van der Waals surface area (Å²) in [5, 5.41) is 14.6. The van der Waals surface area contributed by atoms with Crippen molar-refractivity contribution < 1.29 is 14.4 Å². The zero-order valence-electron chi connectivity index (χ0n) is 20.8. The van der Waals surface area contributed by atoms with Crippen molar-refractivity contribution in [1.82, 2.24) is 25.5 Å². The van der Waals surface area contributed by atoms with Crippen LogP contribution in [0.4, 0.5) is 0 Å². The maximum Gasteiger partial charge on any atom is 0.244 e. The summed E-state index contributed by atoms with van der Waals surface area (Å²) in [6, 6.07) is 21.2. The minimum absolute atomic E-state index is 0.0365. The molecule has 0 aliphatic rings. The normalized spacial score (nSPS) is 11.8. The lowest BCUT2D eigenvalue weighted by Gasteiger charge is -2.17. The van der Waals surface area contributed by atoms with Crippen molar-refractivity contribution in [3.63, 3.8) is 0 Å². The van der Waals surface area contributed by atoms with Gasteiger partial charge in [-0.1, -0.05) is 66.2 Å². The number of nitrogens with zero attached hydrogens (tertiary/aromatic N) is 4. The van der Waals surface area contributed by atoms with Gasteiger partial charge >= 0.3 is 0 Å². The molecular formula is C29H26ClN5O3. The number of amides is 1. The highest BCUT2D eigenvalue weighted by molar-refractivity contribution is 6.30. The Hall–Kier alpha value is -4.43. The van der Waals surface area contributed by atoms with Crippen molar-refractivity contribution in [2.45, 2.75) is 32.2 Å². The first-order valence-corrected chi connectivity index (χ1v) is 12.4. The maximum absolute atomic E-state index is 13.3. The van der Waals surface area contributed by atoms with Crippen LogP contribution in [0.25, 0.3) is 11.8 Å². The Morgan fingerprint density at radius 2 is 1.76 bits per heavy atom. The first kappa shape index (κ1) is 26.6. The number of hydrogen-bond acceptors (Lipinski definition) is 6. The summed E-state index contributed by atoms with van der Waals surface area (Å²) in [6.07, 6.45) is 5.63. The zero-order chi connectivity index (χ0) is 26.9. The molecule has 0 spiro atoms. The number of tetrazole rings is 1. The summed E-state index contributed by atoms with van der Waals surface area (Å²) >= 11 is 6.16. The van der Waals surface area contributed by atoms with E-state index in [1.807, 2.05) is 30.3 Å². The number of hydrogen-bond donors (Lipinski definition) is 1. The van der Waals surface area contributed by atoms with Crippen molar-refractivity contribution in [2.75, 3.05) is 0 Å². The number of rotatable bonds is 11. The minimum atomic E-state index is -0.696. The Morgan fingerprint density at radius 1 is 1.00 bits per heavy atom. The van der Waals surface area contributed by atoms with Crippen LogP contribution < -0.4 is 5.32 Å². The molecular weight excluding hydrogens is 502 g/mol. The average molecular weight is 528 g/mol. The summed E-state index contributed by atoms with van der Waals surface area (Å²) in [5.74, 6) is -0.563. The van der Waals surface area contributed by atoms with Crippen molar-refractivity contribution in [2.24, 2.45) is 0 Å². The number of benzene rings is 3. The summed E-state index contributed by atoms with van der Waals surface area (Å²) in [7, 11) is 0. The number of carbonyl (C=O) groups excluding carboxylic acids is 3. The number of aryl methyl sites for hydroxylation is 1. The van der Waals surface area contributed by atoms with Gasteiger partial charge in [-0.05, 0) is 65.6 Å². The fourth-order valence-electron chi connectivity index (χ4n) is 3.98. The third kappa shape index (κ3) is 7.30. The lowest BCUT2D eigenvalue weighted by molar-refractivity contribution is -0.125. The van der Waals surface area contributed by atoms with E-state index in [4.69, 9.17) is 11.6 Å². The van der Waals surface area contributed by atoms with Gasteiger partial charge in [0, 0.05) is 28.6 Å². The number of ketones is 2. The highest BCUT2D eigenvalue weighted by atomic mass is 35.5. The molecule has 1 amide bonds. The molecule has 1 atom stereocenters. The van der Waals surface area contributed by atoms with E-state index in [0.717, 1.165) is 11.1 Å². The Balaban J connectivity index is 1.49. The predicted octanol–water partition coefficient (Wildman–Crippen LogP) is 4.46. The van der Waals surface area contributed by atoms with Crippen LogP contribution in [-0.4, -0.2) is 43.7 Å². The molecule has 0 fully saturated rings. The van der Waals surface area contributed by atoms with Crippen molar-refractivity contribution >= 4 is 35.2 Å². The second kappa shape index (κ2) is 12.7. The molecule has 192 valence electrons. The second-order valence-electron chi connectivity index (χ2n) is 8.77. The molecule has 4 rings (SSSR count). The molecule has 3 aromatic carbocycles. The number of nitrogens with one attached hydrogen (secondary N) is 1. The van der Waals surface area contributed by atoms with E-state index in [-0.39, 0.29) is 18.0 Å². The topological polar surface area (TPSA) is 107 Å². The number of Topliss-reactive ketones (excluding diaryl/α,β-unsaturated/α-hetero) is 2. The lowest BCUT2D eigenvalue weighted by Crippen LogP contribution is -2.41. The van der Waals surface area contributed by atoms with Gasteiger partial charge in [0.15, 0.2) is 11.6 Å². The van der Waals surface area contributed by atoms with E-state index in [2.05, 4.69) is 20.8 Å².